The predicted molar refractivity (Wildman–Crippen MR) is 109 cm³/mol. The normalized spacial score (nSPS) is 17.1. The number of nitrogens with zero attached hydrogens (tertiary/aromatic N) is 1. The van der Waals surface area contributed by atoms with Gasteiger partial charge in [-0.2, -0.15) is 0 Å². The van der Waals surface area contributed by atoms with Gasteiger partial charge in [-0.15, -0.1) is 0 Å². The Morgan fingerprint density at radius 1 is 1.11 bits per heavy atom. The predicted octanol–water partition coefficient (Wildman–Crippen LogP) is 4.92. The number of hydrogen-bond donors (Lipinski definition) is 2. The second-order valence-corrected chi connectivity index (χ2v) is 7.05. The van der Waals surface area contributed by atoms with Crippen LogP contribution in [-0.4, -0.2) is 17.6 Å². The lowest BCUT2D eigenvalue weighted by Gasteiger charge is -2.21. The molecule has 1 fully saturated rings. The van der Waals surface area contributed by atoms with E-state index in [9.17, 15) is 4.79 Å². The second kappa shape index (κ2) is 11.9. The summed E-state index contributed by atoms with van der Waals surface area (Å²) in [4.78, 5) is 14.5. The van der Waals surface area contributed by atoms with Crippen LogP contribution < -0.4 is 11.1 Å². The maximum atomic E-state index is 10.2. The van der Waals surface area contributed by atoms with Crippen molar-refractivity contribution < 1.29 is 9.53 Å². The lowest BCUT2D eigenvalue weighted by atomic mass is 10.0. The number of carbonyl (C=O) groups excluding carboxylic acids is 1. The molecule has 5 heteroatoms. The van der Waals surface area contributed by atoms with Crippen LogP contribution in [0.2, 0.25) is 0 Å². The Bertz CT molecular complexity index is 665. The third-order valence-corrected chi connectivity index (χ3v) is 4.55. The molecule has 1 aromatic heterocycles. The number of primary amides is 1. The molecule has 3 N–H and O–H groups in total. The molecule has 146 valence electrons. The first kappa shape index (κ1) is 20.7. The molecule has 27 heavy (non-hydrogen) atoms. The average molecular weight is 370 g/mol. The van der Waals surface area contributed by atoms with Crippen molar-refractivity contribution >= 4 is 11.8 Å². The number of fused-ring (bicyclic) bond motifs is 1. The smallest absolute Gasteiger partial charge is 0.404 e. The van der Waals surface area contributed by atoms with Crippen LogP contribution in [0.3, 0.4) is 0 Å². The largest absolute Gasteiger partial charge is 0.445 e. The number of carbonyl (C=O) groups is 1. The van der Waals surface area contributed by atoms with Gasteiger partial charge in [-0.1, -0.05) is 69.4 Å². The standard InChI is InChI=1S/C9H12N2.C8H9NO2.C5H10/c1-7-5-9-8(11-6-7)3-2-4-10-9;9-8(10)11-6-7-4-2-1-3-5-7;1-2-4-5-3-1/h2-4,7,11H,5-6H2,1H3;1-5H,6H2,(H2,9,10);1-5H2/t7-;;/m1../s1. The van der Waals surface area contributed by atoms with E-state index in [0.717, 1.165) is 24.4 Å². The lowest BCUT2D eigenvalue weighted by Crippen LogP contribution is -2.21. The van der Waals surface area contributed by atoms with Crippen LogP contribution in [0.15, 0.2) is 48.7 Å². The molecule has 2 aliphatic rings. The minimum atomic E-state index is -0.742. The van der Waals surface area contributed by atoms with Crippen molar-refractivity contribution in [3.63, 3.8) is 0 Å². The molecular formula is C22H31N3O2. The maximum absolute atomic E-state index is 10.2. The molecule has 1 aliphatic heterocycles. The van der Waals surface area contributed by atoms with Crippen molar-refractivity contribution in [1.29, 1.82) is 0 Å². The Labute approximate surface area is 162 Å². The maximum Gasteiger partial charge on any atom is 0.404 e. The molecule has 1 atom stereocenters. The first-order valence-electron chi connectivity index (χ1n) is 9.79. The van der Waals surface area contributed by atoms with Gasteiger partial charge in [0.05, 0.1) is 11.4 Å². The van der Waals surface area contributed by atoms with Gasteiger partial charge in [0.1, 0.15) is 6.61 Å². The number of benzene rings is 1. The summed E-state index contributed by atoms with van der Waals surface area (Å²) in [6.45, 7) is 3.57. The highest BCUT2D eigenvalue weighted by atomic mass is 16.5. The molecule has 1 saturated carbocycles. The third-order valence-electron chi connectivity index (χ3n) is 4.55. The molecular weight excluding hydrogens is 338 g/mol. The van der Waals surface area contributed by atoms with Gasteiger partial charge >= 0.3 is 6.09 Å². The van der Waals surface area contributed by atoms with Crippen molar-refractivity contribution in [3.05, 3.63) is 59.9 Å². The van der Waals surface area contributed by atoms with Crippen LogP contribution in [0.4, 0.5) is 10.5 Å². The van der Waals surface area contributed by atoms with Crippen molar-refractivity contribution in [2.75, 3.05) is 11.9 Å². The van der Waals surface area contributed by atoms with Crippen molar-refractivity contribution in [3.8, 4) is 0 Å². The van der Waals surface area contributed by atoms with E-state index in [4.69, 9.17) is 5.73 Å². The quantitative estimate of drug-likeness (QED) is 0.788. The van der Waals surface area contributed by atoms with Crippen LogP contribution in [0.5, 0.6) is 0 Å². The van der Waals surface area contributed by atoms with E-state index in [1.54, 1.807) is 0 Å². The van der Waals surface area contributed by atoms with E-state index < -0.39 is 6.09 Å². The van der Waals surface area contributed by atoms with Crippen LogP contribution in [0.25, 0.3) is 0 Å². The van der Waals surface area contributed by atoms with Gasteiger partial charge in [-0.05, 0) is 30.0 Å². The fraction of sp³-hybridized carbons (Fsp3) is 0.455. The number of aromatic nitrogens is 1. The van der Waals surface area contributed by atoms with Crippen LogP contribution in [0.1, 0.15) is 50.3 Å². The number of anilines is 1. The number of amides is 1. The number of pyridine rings is 1. The average Bonchev–Trinajstić information content (AvgIpc) is 3.28. The molecule has 2 aromatic rings. The summed E-state index contributed by atoms with van der Waals surface area (Å²) >= 11 is 0. The summed E-state index contributed by atoms with van der Waals surface area (Å²) < 4.78 is 4.57. The highest BCUT2D eigenvalue weighted by Gasteiger charge is 2.13. The van der Waals surface area contributed by atoms with Crippen LogP contribution >= 0.6 is 0 Å². The van der Waals surface area contributed by atoms with Crippen LogP contribution in [0, 0.1) is 5.92 Å². The zero-order chi connectivity index (χ0) is 19.3. The van der Waals surface area contributed by atoms with Gasteiger partial charge in [0.25, 0.3) is 0 Å². The third kappa shape index (κ3) is 8.58. The molecule has 0 saturated heterocycles. The lowest BCUT2D eigenvalue weighted by molar-refractivity contribution is 0.150. The Morgan fingerprint density at radius 2 is 1.78 bits per heavy atom. The summed E-state index contributed by atoms with van der Waals surface area (Å²) in [6.07, 6.45) is 9.73. The van der Waals surface area contributed by atoms with Gasteiger partial charge in [-0.25, -0.2) is 4.79 Å². The highest BCUT2D eigenvalue weighted by molar-refractivity contribution is 5.64. The number of rotatable bonds is 2. The summed E-state index contributed by atoms with van der Waals surface area (Å²) in [5.41, 5.74) is 8.14. The topological polar surface area (TPSA) is 77.2 Å². The molecule has 1 aromatic carbocycles. The first-order valence-corrected chi connectivity index (χ1v) is 9.79. The van der Waals surface area contributed by atoms with Crippen molar-refractivity contribution in [2.24, 2.45) is 11.7 Å². The minimum Gasteiger partial charge on any atom is -0.445 e. The molecule has 0 spiro atoms. The second-order valence-electron chi connectivity index (χ2n) is 7.05. The monoisotopic (exact) mass is 369 g/mol. The molecule has 0 bridgehead atoms. The SMILES string of the molecule is C1CCCC1.C[C@H]1CNc2cccnc2C1.NC(=O)OCc1ccccc1. The van der Waals surface area contributed by atoms with Gasteiger partial charge in [0.2, 0.25) is 0 Å². The molecule has 2 heterocycles. The zero-order valence-electron chi connectivity index (χ0n) is 16.2. The summed E-state index contributed by atoms with van der Waals surface area (Å²) in [5, 5.41) is 3.35. The van der Waals surface area contributed by atoms with Crippen molar-refractivity contribution in [1.82, 2.24) is 4.98 Å². The van der Waals surface area contributed by atoms with Gasteiger partial charge in [0.15, 0.2) is 0 Å². The molecule has 5 nitrogen and oxygen atoms in total. The summed E-state index contributed by atoms with van der Waals surface area (Å²) in [6, 6.07) is 13.4. The Morgan fingerprint density at radius 3 is 2.41 bits per heavy atom. The fourth-order valence-electron chi connectivity index (χ4n) is 3.06. The molecule has 1 amide bonds. The molecule has 4 rings (SSSR count). The molecule has 0 radical (unpaired) electrons. The fourth-order valence-corrected chi connectivity index (χ4v) is 3.06. The van der Waals surface area contributed by atoms with Crippen LogP contribution in [-0.2, 0) is 17.8 Å². The Hall–Kier alpha value is -2.56. The van der Waals surface area contributed by atoms with E-state index in [1.807, 2.05) is 42.6 Å². The van der Waals surface area contributed by atoms with E-state index in [1.165, 1.54) is 43.5 Å². The Balaban J connectivity index is 0.000000155. The van der Waals surface area contributed by atoms with E-state index in [2.05, 4.69) is 28.0 Å². The van der Waals surface area contributed by atoms with Crippen molar-refractivity contribution in [2.45, 2.75) is 52.1 Å². The molecule has 1 aliphatic carbocycles. The number of ether oxygens (including phenoxy) is 1. The Kier molecular flexibility index (Phi) is 9.18. The molecule has 0 unspecified atom stereocenters. The number of nitrogens with two attached hydrogens (primary N) is 1. The van der Waals surface area contributed by atoms with Gasteiger partial charge < -0.3 is 15.8 Å². The highest BCUT2D eigenvalue weighted by Crippen LogP contribution is 2.21. The summed E-state index contributed by atoms with van der Waals surface area (Å²) in [7, 11) is 0. The van der Waals surface area contributed by atoms with Gasteiger partial charge in [-0.3, -0.25) is 4.98 Å². The summed E-state index contributed by atoms with van der Waals surface area (Å²) in [5.74, 6) is 0.720. The van der Waals surface area contributed by atoms with E-state index in [0.29, 0.717) is 0 Å². The number of nitrogens with one attached hydrogen (secondary N) is 1. The number of hydrogen-bond acceptors (Lipinski definition) is 4. The first-order chi connectivity index (χ1) is 13.1. The van der Waals surface area contributed by atoms with E-state index >= 15 is 0 Å². The van der Waals surface area contributed by atoms with E-state index in [-0.39, 0.29) is 6.61 Å². The minimum absolute atomic E-state index is 0.246. The zero-order valence-corrected chi connectivity index (χ0v) is 16.2. The van der Waals surface area contributed by atoms with Gasteiger partial charge in [0, 0.05) is 12.7 Å².